The number of nitriles is 1. The van der Waals surface area contributed by atoms with Crippen LogP contribution in [0.5, 0.6) is 0 Å². The summed E-state index contributed by atoms with van der Waals surface area (Å²) in [5, 5.41) is 9.81. The van der Waals surface area contributed by atoms with Gasteiger partial charge in [-0.3, -0.25) is 9.36 Å². The summed E-state index contributed by atoms with van der Waals surface area (Å²) in [7, 11) is 0. The maximum atomic E-state index is 13.1. The maximum absolute atomic E-state index is 13.1. The zero-order valence-corrected chi connectivity index (χ0v) is 13.1. The zero-order valence-electron chi connectivity index (χ0n) is 12.3. The Balaban J connectivity index is 2.70. The summed E-state index contributed by atoms with van der Waals surface area (Å²) < 4.78 is 14.5. The van der Waals surface area contributed by atoms with E-state index in [1.807, 2.05) is 6.07 Å². The number of hydrogen-bond acceptors (Lipinski definition) is 4. The molecule has 0 aliphatic carbocycles. The summed E-state index contributed by atoms with van der Waals surface area (Å²) in [6.07, 6.45) is 3.27. The van der Waals surface area contributed by atoms with Crippen molar-refractivity contribution in [3.8, 4) is 17.3 Å². The molecule has 116 valence electrons. The molecule has 23 heavy (non-hydrogen) atoms. The molecule has 1 aromatic heterocycles. The minimum absolute atomic E-state index is 0.0681. The van der Waals surface area contributed by atoms with Gasteiger partial charge in [0.1, 0.15) is 17.4 Å². The van der Waals surface area contributed by atoms with E-state index in [-0.39, 0.29) is 17.8 Å². The molecule has 0 bridgehead atoms. The molecule has 0 atom stereocenters. The van der Waals surface area contributed by atoms with Gasteiger partial charge in [-0.1, -0.05) is 23.9 Å². The van der Waals surface area contributed by atoms with Crippen LogP contribution in [-0.2, 0) is 6.54 Å². The lowest BCUT2D eigenvalue weighted by Crippen LogP contribution is -2.26. The third-order valence-electron chi connectivity index (χ3n) is 3.01. The van der Waals surface area contributed by atoms with Crippen LogP contribution in [0.3, 0.4) is 0 Å². The van der Waals surface area contributed by atoms with E-state index in [1.54, 1.807) is 12.2 Å². The molecule has 0 spiro atoms. The molecule has 0 unspecified atom stereocenters. The average Bonchev–Trinajstić information content (AvgIpc) is 2.56. The minimum atomic E-state index is -0.437. The second-order valence-electron chi connectivity index (χ2n) is 4.54. The molecule has 0 amide bonds. The average molecular weight is 327 g/mol. The van der Waals surface area contributed by atoms with Crippen LogP contribution >= 0.6 is 11.8 Å². The molecule has 0 fully saturated rings. The van der Waals surface area contributed by atoms with Crippen LogP contribution in [0.2, 0.25) is 0 Å². The number of allylic oxidation sites excluding steroid dienone is 1. The van der Waals surface area contributed by atoms with E-state index in [4.69, 9.17) is 0 Å². The standard InChI is InChI=1S/C17H14FN3OS/c1-3-9-21-16(22)14(11-19)15(20-17(21)23-10-4-2)12-5-7-13(18)8-6-12/h3-8H,1-2,9-10H2. The molecule has 4 nitrogen and oxygen atoms in total. The molecular weight excluding hydrogens is 313 g/mol. The molecule has 0 radical (unpaired) electrons. The summed E-state index contributed by atoms with van der Waals surface area (Å²) in [4.78, 5) is 17.0. The van der Waals surface area contributed by atoms with Gasteiger partial charge in [0.15, 0.2) is 5.16 Å². The van der Waals surface area contributed by atoms with Gasteiger partial charge in [0.05, 0.1) is 5.69 Å². The maximum Gasteiger partial charge on any atom is 0.273 e. The Hall–Kier alpha value is -2.65. The molecule has 0 aliphatic rings. The second kappa shape index (κ2) is 7.56. The zero-order chi connectivity index (χ0) is 16.8. The summed E-state index contributed by atoms with van der Waals surface area (Å²) in [6.45, 7) is 7.52. The first-order chi connectivity index (χ1) is 11.1. The Morgan fingerprint density at radius 2 is 2.00 bits per heavy atom. The number of nitrogens with zero attached hydrogens (tertiary/aromatic N) is 3. The van der Waals surface area contributed by atoms with Crippen LogP contribution in [0.15, 0.2) is 59.5 Å². The molecule has 6 heteroatoms. The lowest BCUT2D eigenvalue weighted by Gasteiger charge is -2.12. The Bertz CT molecular complexity index is 835. The third-order valence-corrected chi connectivity index (χ3v) is 3.98. The van der Waals surface area contributed by atoms with Gasteiger partial charge in [0, 0.05) is 17.9 Å². The quantitative estimate of drug-likeness (QED) is 0.463. The van der Waals surface area contributed by atoms with Crippen molar-refractivity contribution in [2.24, 2.45) is 0 Å². The lowest BCUT2D eigenvalue weighted by molar-refractivity contribution is 0.628. The van der Waals surface area contributed by atoms with Gasteiger partial charge in [-0.05, 0) is 24.3 Å². The predicted molar refractivity (Wildman–Crippen MR) is 89.7 cm³/mol. The van der Waals surface area contributed by atoms with Crippen LogP contribution in [0.4, 0.5) is 4.39 Å². The number of hydrogen-bond donors (Lipinski definition) is 0. The van der Waals surface area contributed by atoms with Crippen LogP contribution in [0.25, 0.3) is 11.3 Å². The van der Waals surface area contributed by atoms with Crippen molar-refractivity contribution in [2.75, 3.05) is 5.75 Å². The molecule has 2 aromatic rings. The van der Waals surface area contributed by atoms with E-state index in [0.717, 1.165) is 0 Å². The van der Waals surface area contributed by atoms with Crippen molar-refractivity contribution in [3.63, 3.8) is 0 Å². The fourth-order valence-corrected chi connectivity index (χ4v) is 2.72. The molecular formula is C17H14FN3OS. The van der Waals surface area contributed by atoms with E-state index >= 15 is 0 Å². The van der Waals surface area contributed by atoms with Crippen LogP contribution in [0.1, 0.15) is 5.56 Å². The predicted octanol–water partition coefficient (Wildman–Crippen LogP) is 3.39. The normalized spacial score (nSPS) is 10.1. The van der Waals surface area contributed by atoms with Gasteiger partial charge < -0.3 is 0 Å². The van der Waals surface area contributed by atoms with Crippen LogP contribution < -0.4 is 5.56 Å². The summed E-state index contributed by atoms with van der Waals surface area (Å²) in [5.74, 6) is 0.173. The SMILES string of the molecule is C=CCSc1nc(-c2ccc(F)cc2)c(C#N)c(=O)n1CC=C. The highest BCUT2D eigenvalue weighted by atomic mass is 32.2. The number of aromatic nitrogens is 2. The van der Waals surface area contributed by atoms with E-state index in [9.17, 15) is 14.4 Å². The fraction of sp³-hybridized carbons (Fsp3) is 0.118. The highest BCUT2D eigenvalue weighted by molar-refractivity contribution is 7.99. The molecule has 0 saturated carbocycles. The molecule has 1 aromatic carbocycles. The Morgan fingerprint density at radius 1 is 1.30 bits per heavy atom. The first kappa shape index (κ1) is 16.7. The number of thioether (sulfide) groups is 1. The summed E-state index contributed by atoms with van der Waals surface area (Å²) >= 11 is 1.33. The minimum Gasteiger partial charge on any atom is -0.283 e. The van der Waals surface area contributed by atoms with Gasteiger partial charge in [0.25, 0.3) is 5.56 Å². The van der Waals surface area contributed by atoms with Gasteiger partial charge >= 0.3 is 0 Å². The van der Waals surface area contributed by atoms with Crippen LogP contribution in [0, 0.1) is 17.1 Å². The Labute approximate surface area is 137 Å². The molecule has 0 N–H and O–H groups in total. The van der Waals surface area contributed by atoms with Gasteiger partial charge in [0.2, 0.25) is 0 Å². The summed E-state index contributed by atoms with van der Waals surface area (Å²) in [6, 6.07) is 7.44. The highest BCUT2D eigenvalue weighted by Gasteiger charge is 2.17. The number of halogens is 1. The van der Waals surface area contributed by atoms with Crippen molar-refractivity contribution < 1.29 is 4.39 Å². The van der Waals surface area contributed by atoms with Gasteiger partial charge in [-0.25, -0.2) is 9.37 Å². The smallest absolute Gasteiger partial charge is 0.273 e. The highest BCUT2D eigenvalue weighted by Crippen LogP contribution is 2.23. The monoisotopic (exact) mass is 327 g/mol. The second-order valence-corrected chi connectivity index (χ2v) is 5.53. The largest absolute Gasteiger partial charge is 0.283 e. The Kier molecular flexibility index (Phi) is 5.50. The molecule has 0 aliphatic heterocycles. The van der Waals surface area contributed by atoms with Crippen molar-refractivity contribution in [1.82, 2.24) is 9.55 Å². The van der Waals surface area contributed by atoms with Gasteiger partial charge in [-0.15, -0.1) is 13.2 Å². The van der Waals surface area contributed by atoms with E-state index in [2.05, 4.69) is 18.1 Å². The number of benzene rings is 1. The van der Waals surface area contributed by atoms with Crippen molar-refractivity contribution in [2.45, 2.75) is 11.7 Å². The molecule has 2 rings (SSSR count). The molecule has 1 heterocycles. The van der Waals surface area contributed by atoms with Gasteiger partial charge in [-0.2, -0.15) is 5.26 Å². The van der Waals surface area contributed by atoms with E-state index in [1.165, 1.54) is 40.6 Å². The van der Waals surface area contributed by atoms with Crippen LogP contribution in [-0.4, -0.2) is 15.3 Å². The fourth-order valence-electron chi connectivity index (χ4n) is 1.99. The first-order valence-electron chi connectivity index (χ1n) is 6.77. The van der Waals surface area contributed by atoms with E-state index in [0.29, 0.717) is 16.5 Å². The first-order valence-corrected chi connectivity index (χ1v) is 7.76. The van der Waals surface area contributed by atoms with Crippen molar-refractivity contribution in [1.29, 1.82) is 5.26 Å². The number of rotatable bonds is 6. The van der Waals surface area contributed by atoms with E-state index < -0.39 is 11.4 Å². The summed E-state index contributed by atoms with van der Waals surface area (Å²) in [5.41, 5.74) is 0.269. The third kappa shape index (κ3) is 3.58. The lowest BCUT2D eigenvalue weighted by atomic mass is 10.1. The van der Waals surface area contributed by atoms with Crippen molar-refractivity contribution in [3.05, 3.63) is 71.3 Å². The topological polar surface area (TPSA) is 58.7 Å². The van der Waals surface area contributed by atoms with Crippen molar-refractivity contribution >= 4 is 11.8 Å². The Morgan fingerprint density at radius 3 is 2.57 bits per heavy atom. The molecule has 0 saturated heterocycles.